The molecule has 1 amide bonds. The van der Waals surface area contributed by atoms with Crippen LogP contribution in [0.25, 0.3) is 0 Å². The number of anilines is 1. The van der Waals surface area contributed by atoms with Crippen LogP contribution in [0.3, 0.4) is 0 Å². The molecule has 1 heterocycles. The van der Waals surface area contributed by atoms with Crippen LogP contribution in [-0.2, 0) is 11.2 Å². The lowest BCUT2D eigenvalue weighted by atomic mass is 10.1. The molecule has 3 heteroatoms. The Morgan fingerprint density at radius 2 is 1.79 bits per heavy atom. The van der Waals surface area contributed by atoms with Gasteiger partial charge in [0.2, 0.25) is 0 Å². The maximum absolute atomic E-state index is 12.0. The molecule has 19 heavy (non-hydrogen) atoms. The highest BCUT2D eigenvalue weighted by atomic mass is 16.2. The normalized spacial score (nSPS) is 15.4. The highest BCUT2D eigenvalue weighted by molar-refractivity contribution is 6.54. The van der Waals surface area contributed by atoms with Gasteiger partial charge < -0.3 is 5.32 Å². The summed E-state index contributed by atoms with van der Waals surface area (Å²) in [6.07, 6.45) is 0.899. The second-order valence-corrected chi connectivity index (χ2v) is 4.44. The van der Waals surface area contributed by atoms with Crippen LogP contribution < -0.4 is 5.32 Å². The zero-order valence-electron chi connectivity index (χ0n) is 10.7. The number of fused-ring (bicyclic) bond motifs is 1. The number of rotatable bonds is 2. The van der Waals surface area contributed by atoms with Crippen LogP contribution in [0.4, 0.5) is 11.4 Å². The lowest BCUT2D eigenvalue weighted by Crippen LogP contribution is -2.14. The van der Waals surface area contributed by atoms with Crippen LogP contribution in [0.5, 0.6) is 0 Å². The van der Waals surface area contributed by atoms with Crippen LogP contribution in [0.15, 0.2) is 53.5 Å². The number of aliphatic imine (C=N–C) groups is 1. The highest BCUT2D eigenvalue weighted by Crippen LogP contribution is 2.27. The number of amides is 1. The Balaban J connectivity index is 2.11. The molecule has 0 aromatic heterocycles. The van der Waals surface area contributed by atoms with Gasteiger partial charge in [0.15, 0.2) is 0 Å². The lowest BCUT2D eigenvalue weighted by molar-refractivity contribution is -0.110. The van der Waals surface area contributed by atoms with Gasteiger partial charge in [0.1, 0.15) is 5.71 Å². The van der Waals surface area contributed by atoms with Crippen molar-refractivity contribution in [2.45, 2.75) is 13.3 Å². The Morgan fingerprint density at radius 1 is 1.05 bits per heavy atom. The van der Waals surface area contributed by atoms with E-state index in [1.807, 2.05) is 48.5 Å². The standard InChI is InChI=1S/C16H14N2O/c1-2-11-7-3-5-9-13(11)17-15-12-8-4-6-10-14(12)18-16(15)19/h3-10H,2H2,1H3,(H,17,18,19). The number of hydrogen-bond donors (Lipinski definition) is 1. The van der Waals surface area contributed by atoms with Gasteiger partial charge >= 0.3 is 0 Å². The second kappa shape index (κ2) is 4.69. The van der Waals surface area contributed by atoms with Crippen molar-refractivity contribution in [1.82, 2.24) is 0 Å². The van der Waals surface area contributed by atoms with E-state index in [-0.39, 0.29) is 5.91 Å². The fourth-order valence-electron chi connectivity index (χ4n) is 2.25. The minimum Gasteiger partial charge on any atom is -0.320 e. The zero-order chi connectivity index (χ0) is 13.2. The Labute approximate surface area is 112 Å². The second-order valence-electron chi connectivity index (χ2n) is 4.44. The van der Waals surface area contributed by atoms with Gasteiger partial charge in [-0.05, 0) is 24.1 Å². The third-order valence-electron chi connectivity index (χ3n) is 3.25. The maximum atomic E-state index is 12.0. The van der Waals surface area contributed by atoms with E-state index >= 15 is 0 Å². The van der Waals surface area contributed by atoms with E-state index in [9.17, 15) is 4.79 Å². The smallest absolute Gasteiger partial charge is 0.275 e. The number of carbonyl (C=O) groups excluding carboxylic acids is 1. The maximum Gasteiger partial charge on any atom is 0.275 e. The molecule has 0 bridgehead atoms. The van der Waals surface area contributed by atoms with Gasteiger partial charge in [0.25, 0.3) is 5.91 Å². The van der Waals surface area contributed by atoms with E-state index in [1.54, 1.807) is 0 Å². The third kappa shape index (κ3) is 2.03. The predicted molar refractivity (Wildman–Crippen MR) is 77.1 cm³/mol. The molecular formula is C16H14N2O. The first kappa shape index (κ1) is 11.7. The van der Waals surface area contributed by atoms with Crippen LogP contribution >= 0.6 is 0 Å². The summed E-state index contributed by atoms with van der Waals surface area (Å²) in [5, 5.41) is 2.84. The summed E-state index contributed by atoms with van der Waals surface area (Å²) in [6, 6.07) is 15.5. The summed E-state index contributed by atoms with van der Waals surface area (Å²) in [4.78, 5) is 16.5. The molecule has 0 saturated heterocycles. The summed E-state index contributed by atoms with van der Waals surface area (Å²) in [5.74, 6) is -0.132. The van der Waals surface area contributed by atoms with Crippen molar-refractivity contribution in [3.8, 4) is 0 Å². The fourth-order valence-corrected chi connectivity index (χ4v) is 2.25. The van der Waals surface area contributed by atoms with E-state index in [0.717, 1.165) is 28.9 Å². The summed E-state index contributed by atoms with van der Waals surface area (Å²) >= 11 is 0. The van der Waals surface area contributed by atoms with Crippen LogP contribution in [0, 0.1) is 0 Å². The monoisotopic (exact) mass is 250 g/mol. The lowest BCUT2D eigenvalue weighted by Gasteiger charge is -2.03. The van der Waals surface area contributed by atoms with Gasteiger partial charge in [-0.1, -0.05) is 43.3 Å². The molecule has 3 rings (SSSR count). The largest absolute Gasteiger partial charge is 0.320 e. The van der Waals surface area contributed by atoms with Crippen molar-refractivity contribution in [2.75, 3.05) is 5.32 Å². The van der Waals surface area contributed by atoms with Crippen LogP contribution in [0.2, 0.25) is 0 Å². The number of hydrogen-bond acceptors (Lipinski definition) is 2. The van der Waals surface area contributed by atoms with E-state index in [2.05, 4.69) is 17.2 Å². The van der Waals surface area contributed by atoms with Gasteiger partial charge in [-0.3, -0.25) is 4.79 Å². The summed E-state index contributed by atoms with van der Waals surface area (Å²) < 4.78 is 0. The molecule has 2 aromatic carbocycles. The first-order valence-corrected chi connectivity index (χ1v) is 6.37. The molecule has 3 nitrogen and oxygen atoms in total. The third-order valence-corrected chi connectivity index (χ3v) is 3.25. The van der Waals surface area contributed by atoms with Crippen molar-refractivity contribution < 1.29 is 4.79 Å². The average Bonchev–Trinajstić information content (AvgIpc) is 2.76. The molecule has 1 N–H and O–H groups in total. The number of para-hydroxylation sites is 2. The molecule has 0 fully saturated rings. The van der Waals surface area contributed by atoms with E-state index < -0.39 is 0 Å². The molecular weight excluding hydrogens is 236 g/mol. The number of nitrogens with zero attached hydrogens (tertiary/aromatic N) is 1. The van der Waals surface area contributed by atoms with Crippen molar-refractivity contribution in [1.29, 1.82) is 0 Å². The van der Waals surface area contributed by atoms with Gasteiger partial charge in [-0.25, -0.2) is 4.99 Å². The van der Waals surface area contributed by atoms with Crippen LogP contribution in [0.1, 0.15) is 18.1 Å². The van der Waals surface area contributed by atoms with Gasteiger partial charge in [-0.15, -0.1) is 0 Å². The predicted octanol–water partition coefficient (Wildman–Crippen LogP) is 3.32. The SMILES string of the molecule is CCc1ccccc1N=C1C(=O)Nc2ccccc21. The minimum atomic E-state index is -0.132. The highest BCUT2D eigenvalue weighted by Gasteiger charge is 2.25. The number of carbonyl (C=O) groups is 1. The molecule has 94 valence electrons. The van der Waals surface area contributed by atoms with E-state index in [0.29, 0.717) is 5.71 Å². The topological polar surface area (TPSA) is 41.5 Å². The van der Waals surface area contributed by atoms with E-state index in [4.69, 9.17) is 0 Å². The molecule has 1 aliphatic heterocycles. The van der Waals surface area contributed by atoms with Crippen LogP contribution in [-0.4, -0.2) is 11.6 Å². The van der Waals surface area contributed by atoms with Gasteiger partial charge in [0, 0.05) is 5.56 Å². The van der Waals surface area contributed by atoms with Crippen molar-refractivity contribution in [2.24, 2.45) is 4.99 Å². The summed E-state index contributed by atoms with van der Waals surface area (Å²) in [7, 11) is 0. The average molecular weight is 250 g/mol. The van der Waals surface area contributed by atoms with Gasteiger partial charge in [0.05, 0.1) is 11.4 Å². The van der Waals surface area contributed by atoms with E-state index in [1.165, 1.54) is 0 Å². The van der Waals surface area contributed by atoms with Crippen molar-refractivity contribution >= 4 is 23.0 Å². The number of aryl methyl sites for hydroxylation is 1. The first-order chi connectivity index (χ1) is 9.29. The Kier molecular flexibility index (Phi) is 2.88. The quantitative estimate of drug-likeness (QED) is 0.872. The Bertz CT molecular complexity index is 674. The first-order valence-electron chi connectivity index (χ1n) is 6.37. The Morgan fingerprint density at radius 3 is 2.63 bits per heavy atom. The number of nitrogens with one attached hydrogen (secondary N) is 1. The molecule has 1 aliphatic rings. The number of benzene rings is 2. The molecule has 0 aliphatic carbocycles. The molecule has 0 saturated carbocycles. The summed E-state index contributed by atoms with van der Waals surface area (Å²) in [6.45, 7) is 2.09. The molecule has 0 spiro atoms. The zero-order valence-corrected chi connectivity index (χ0v) is 10.7. The molecule has 0 atom stereocenters. The van der Waals surface area contributed by atoms with Crippen molar-refractivity contribution in [3.63, 3.8) is 0 Å². The Hall–Kier alpha value is -2.42. The molecule has 2 aromatic rings. The molecule has 0 unspecified atom stereocenters. The van der Waals surface area contributed by atoms with Gasteiger partial charge in [-0.2, -0.15) is 0 Å². The van der Waals surface area contributed by atoms with Crippen molar-refractivity contribution in [3.05, 3.63) is 59.7 Å². The molecule has 0 radical (unpaired) electrons. The fraction of sp³-hybridized carbons (Fsp3) is 0.125. The summed E-state index contributed by atoms with van der Waals surface area (Å²) in [5.41, 5.74) is 4.22. The minimum absolute atomic E-state index is 0.132.